The molecule has 0 aliphatic rings. The molecule has 0 saturated heterocycles. The molecule has 0 bridgehead atoms. The zero-order valence-corrected chi connectivity index (χ0v) is 25.4. The van der Waals surface area contributed by atoms with Crippen LogP contribution in [0.15, 0.2) is 24.3 Å². The first-order valence-electron chi connectivity index (χ1n) is 14.8. The number of hydrogen-bond donors (Lipinski definition) is 3. The van der Waals surface area contributed by atoms with Gasteiger partial charge < -0.3 is 24.6 Å². The summed E-state index contributed by atoms with van der Waals surface area (Å²) in [5, 5.41) is 18.8. The van der Waals surface area contributed by atoms with Gasteiger partial charge in [-0.1, -0.05) is 83.1 Å². The van der Waals surface area contributed by atoms with Gasteiger partial charge in [-0.05, 0) is 38.5 Å². The third-order valence-corrected chi connectivity index (χ3v) is 6.87. The lowest BCUT2D eigenvalue weighted by atomic mass is 10.1. The Bertz CT molecular complexity index is 740. The smallest absolute Gasteiger partial charge is 0.457 e. The van der Waals surface area contributed by atoms with Gasteiger partial charge in [0, 0.05) is 12.8 Å². The summed E-state index contributed by atoms with van der Waals surface area (Å²) < 4.78 is 31.9. The molecule has 0 fully saturated rings. The Labute approximate surface area is 240 Å². The maximum absolute atomic E-state index is 12.1. The van der Waals surface area contributed by atoms with Gasteiger partial charge in [0.15, 0.2) is 0 Å². The minimum atomic E-state index is -4.60. The Kier molecular flexibility index (Phi) is 25.3. The number of phosphoric ester groups is 1. The van der Waals surface area contributed by atoms with Crippen molar-refractivity contribution in [2.75, 3.05) is 26.4 Å². The summed E-state index contributed by atoms with van der Waals surface area (Å²) in [5.74, 6) is -1.06. The van der Waals surface area contributed by atoms with E-state index in [4.69, 9.17) is 18.5 Å². The maximum atomic E-state index is 12.1. The van der Waals surface area contributed by atoms with Crippen LogP contribution >= 0.6 is 7.82 Å². The second-order valence-electron chi connectivity index (χ2n) is 9.73. The van der Waals surface area contributed by atoms with E-state index in [0.717, 1.165) is 57.8 Å². The first kappa shape index (κ1) is 38.5. The molecule has 0 aliphatic heterocycles. The van der Waals surface area contributed by atoms with E-state index in [9.17, 15) is 29.3 Å². The topological polar surface area (TPSA) is 149 Å². The van der Waals surface area contributed by atoms with Crippen molar-refractivity contribution in [1.82, 2.24) is 0 Å². The van der Waals surface area contributed by atoms with Crippen LogP contribution < -0.4 is 0 Å². The van der Waals surface area contributed by atoms with Gasteiger partial charge in [-0.2, -0.15) is 0 Å². The lowest BCUT2D eigenvalue weighted by Gasteiger charge is -2.20. The molecule has 0 rings (SSSR count). The van der Waals surface area contributed by atoms with Gasteiger partial charge in [-0.3, -0.25) is 18.6 Å². The number of aliphatic hydroxyl groups is 2. The van der Waals surface area contributed by atoms with Gasteiger partial charge in [0.05, 0.1) is 26.4 Å². The third kappa shape index (κ3) is 24.3. The molecule has 0 amide bonds. The van der Waals surface area contributed by atoms with Crippen molar-refractivity contribution < 1.29 is 47.8 Å². The fourth-order valence-electron chi connectivity index (χ4n) is 3.54. The Morgan fingerprint density at radius 2 is 1.12 bits per heavy atom. The largest absolute Gasteiger partial charge is 0.472 e. The SMILES string of the molecule is CCCC/C=C\C/C=C\CCCCCCCC(=O)OC(CO)COP(=O)(O)OCC(CO)OC(=O)CCCCC. The maximum Gasteiger partial charge on any atom is 0.472 e. The molecular formula is C29H53O10P. The molecule has 0 aliphatic carbocycles. The molecule has 0 saturated carbocycles. The van der Waals surface area contributed by atoms with E-state index in [2.05, 4.69) is 31.2 Å². The summed E-state index contributed by atoms with van der Waals surface area (Å²) in [7, 11) is -4.60. The van der Waals surface area contributed by atoms with E-state index in [-0.39, 0.29) is 12.8 Å². The standard InChI is InChI=1S/C29H53O10P/c1-3-5-7-8-9-10-11-12-13-14-15-16-17-19-21-29(33)39-27(23-31)25-37-40(34,35)36-24-26(22-30)38-28(32)20-18-6-4-2/h8-9,11-12,26-27,30-31H,3-7,10,13-25H2,1-2H3,(H,34,35)/b9-8-,12-11-. The van der Waals surface area contributed by atoms with Crippen LogP contribution in [0.5, 0.6) is 0 Å². The summed E-state index contributed by atoms with van der Waals surface area (Å²) in [6, 6.07) is 0. The Morgan fingerprint density at radius 1 is 0.675 bits per heavy atom. The van der Waals surface area contributed by atoms with Crippen LogP contribution in [-0.2, 0) is 32.7 Å². The van der Waals surface area contributed by atoms with Crippen LogP contribution in [0.2, 0.25) is 0 Å². The average molecular weight is 593 g/mol. The van der Waals surface area contributed by atoms with Gasteiger partial charge in [0.1, 0.15) is 12.2 Å². The lowest BCUT2D eigenvalue weighted by molar-refractivity contribution is -0.153. The molecule has 3 unspecified atom stereocenters. The second-order valence-corrected chi connectivity index (χ2v) is 11.2. The molecule has 10 nitrogen and oxygen atoms in total. The average Bonchev–Trinajstić information content (AvgIpc) is 2.93. The Hall–Kier alpha value is -1.55. The highest BCUT2D eigenvalue weighted by atomic mass is 31.2. The van der Waals surface area contributed by atoms with Crippen molar-refractivity contribution in [3.05, 3.63) is 24.3 Å². The van der Waals surface area contributed by atoms with Crippen molar-refractivity contribution in [3.8, 4) is 0 Å². The molecular weight excluding hydrogens is 539 g/mol. The zero-order chi connectivity index (χ0) is 29.9. The first-order valence-corrected chi connectivity index (χ1v) is 16.3. The highest BCUT2D eigenvalue weighted by Gasteiger charge is 2.27. The van der Waals surface area contributed by atoms with Crippen molar-refractivity contribution in [2.24, 2.45) is 0 Å². The number of aliphatic hydroxyl groups excluding tert-OH is 2. The quantitative estimate of drug-likeness (QED) is 0.0453. The Balaban J connectivity index is 4.04. The van der Waals surface area contributed by atoms with Crippen LogP contribution in [0.1, 0.15) is 110 Å². The minimum absolute atomic E-state index is 0.176. The second kappa shape index (κ2) is 26.4. The number of unbranched alkanes of at least 4 members (excludes halogenated alkanes) is 9. The van der Waals surface area contributed by atoms with E-state index >= 15 is 0 Å². The van der Waals surface area contributed by atoms with Gasteiger partial charge in [0.25, 0.3) is 0 Å². The molecule has 3 N–H and O–H groups in total. The molecule has 0 aromatic carbocycles. The fourth-order valence-corrected chi connectivity index (χ4v) is 4.32. The van der Waals surface area contributed by atoms with Crippen LogP contribution in [0.4, 0.5) is 0 Å². The number of esters is 2. The first-order chi connectivity index (χ1) is 19.3. The Morgan fingerprint density at radius 3 is 1.62 bits per heavy atom. The van der Waals surface area contributed by atoms with Gasteiger partial charge >= 0.3 is 19.8 Å². The van der Waals surface area contributed by atoms with Crippen LogP contribution in [-0.4, -0.2) is 65.7 Å². The van der Waals surface area contributed by atoms with Gasteiger partial charge in [-0.25, -0.2) is 4.57 Å². The number of rotatable bonds is 27. The molecule has 0 aromatic rings. The third-order valence-electron chi connectivity index (χ3n) is 5.92. The summed E-state index contributed by atoms with van der Waals surface area (Å²) >= 11 is 0. The summed E-state index contributed by atoms with van der Waals surface area (Å²) in [5.41, 5.74) is 0. The van der Waals surface area contributed by atoms with Gasteiger partial charge in [0.2, 0.25) is 0 Å². The van der Waals surface area contributed by atoms with Crippen LogP contribution in [0, 0.1) is 0 Å². The van der Waals surface area contributed by atoms with Gasteiger partial charge in [-0.15, -0.1) is 0 Å². The molecule has 11 heteroatoms. The molecule has 0 heterocycles. The monoisotopic (exact) mass is 592 g/mol. The van der Waals surface area contributed by atoms with Crippen molar-refractivity contribution in [2.45, 2.75) is 122 Å². The number of carbonyl (C=O) groups is 2. The lowest BCUT2D eigenvalue weighted by Crippen LogP contribution is -2.28. The molecule has 40 heavy (non-hydrogen) atoms. The molecule has 0 radical (unpaired) electrons. The number of allylic oxidation sites excluding steroid dienone is 4. The molecule has 0 aromatic heterocycles. The van der Waals surface area contributed by atoms with Crippen molar-refractivity contribution >= 4 is 19.8 Å². The normalized spacial score (nSPS) is 14.8. The highest BCUT2D eigenvalue weighted by Crippen LogP contribution is 2.43. The summed E-state index contributed by atoms with van der Waals surface area (Å²) in [6.45, 7) is 1.89. The summed E-state index contributed by atoms with van der Waals surface area (Å²) in [4.78, 5) is 33.7. The number of phosphoric acid groups is 1. The predicted octanol–water partition coefficient (Wildman–Crippen LogP) is 5.93. The molecule has 3 atom stereocenters. The number of carbonyl (C=O) groups excluding carboxylic acids is 2. The van der Waals surface area contributed by atoms with E-state index < -0.39 is 58.4 Å². The number of ether oxygens (including phenoxy) is 2. The molecule has 234 valence electrons. The zero-order valence-electron chi connectivity index (χ0n) is 24.5. The van der Waals surface area contributed by atoms with Crippen molar-refractivity contribution in [1.29, 1.82) is 0 Å². The van der Waals surface area contributed by atoms with E-state index in [1.807, 2.05) is 6.92 Å². The predicted molar refractivity (Wildman–Crippen MR) is 155 cm³/mol. The van der Waals surface area contributed by atoms with E-state index in [0.29, 0.717) is 12.8 Å². The fraction of sp³-hybridized carbons (Fsp3) is 0.793. The van der Waals surface area contributed by atoms with E-state index in [1.165, 1.54) is 12.8 Å². The summed E-state index contributed by atoms with van der Waals surface area (Å²) in [6.07, 6.45) is 19.8. The van der Waals surface area contributed by atoms with Crippen LogP contribution in [0.3, 0.4) is 0 Å². The van der Waals surface area contributed by atoms with Crippen molar-refractivity contribution in [3.63, 3.8) is 0 Å². The highest BCUT2D eigenvalue weighted by molar-refractivity contribution is 7.47. The molecule has 0 spiro atoms. The van der Waals surface area contributed by atoms with E-state index in [1.54, 1.807) is 0 Å². The number of hydrogen-bond acceptors (Lipinski definition) is 9. The minimum Gasteiger partial charge on any atom is -0.457 e. The van der Waals surface area contributed by atoms with Crippen LogP contribution in [0.25, 0.3) is 0 Å².